The Morgan fingerprint density at radius 3 is 1.64 bits per heavy atom. The molecule has 5 nitrogen and oxygen atoms in total. The summed E-state index contributed by atoms with van der Waals surface area (Å²) < 4.78 is 5.99. The van der Waals surface area contributed by atoms with Crippen LogP contribution in [0.3, 0.4) is 0 Å². The van der Waals surface area contributed by atoms with Gasteiger partial charge in [-0.15, -0.1) is 0 Å². The van der Waals surface area contributed by atoms with E-state index in [0.29, 0.717) is 22.9 Å². The summed E-state index contributed by atoms with van der Waals surface area (Å²) in [5.74, 6) is 1.29. The fourth-order valence-electron chi connectivity index (χ4n) is 3.92. The standard InChI is InChI=1S/C28H27NO4/c1-17-11-16-25(32)28(20(17)4)33-22-14-12-21(13-15-22)29(26-18(2)7-5-9-23(26)30)27-19(3)8-6-10-24(27)31/h5-16,30-32H,1-4H3. The topological polar surface area (TPSA) is 73.2 Å². The van der Waals surface area contributed by atoms with Crippen LogP contribution in [0.2, 0.25) is 0 Å². The van der Waals surface area contributed by atoms with Gasteiger partial charge in [0.25, 0.3) is 0 Å². The molecule has 0 heterocycles. The van der Waals surface area contributed by atoms with Crippen LogP contribution in [0, 0.1) is 27.7 Å². The Morgan fingerprint density at radius 1 is 0.576 bits per heavy atom. The molecule has 5 heteroatoms. The normalized spacial score (nSPS) is 10.8. The van der Waals surface area contributed by atoms with Crippen LogP contribution in [-0.4, -0.2) is 15.3 Å². The SMILES string of the molecule is Cc1ccc(O)c(Oc2ccc(N(c3c(C)cccc3O)c3c(C)cccc3O)cc2)c1C. The Kier molecular flexibility index (Phi) is 5.88. The van der Waals surface area contributed by atoms with Crippen LogP contribution >= 0.6 is 0 Å². The van der Waals surface area contributed by atoms with Crippen LogP contribution in [0.5, 0.6) is 28.7 Å². The predicted molar refractivity (Wildman–Crippen MR) is 132 cm³/mol. The molecule has 0 aliphatic rings. The van der Waals surface area contributed by atoms with Crippen molar-refractivity contribution in [2.75, 3.05) is 4.90 Å². The zero-order valence-electron chi connectivity index (χ0n) is 19.1. The lowest BCUT2D eigenvalue weighted by atomic mass is 10.1. The van der Waals surface area contributed by atoms with E-state index in [4.69, 9.17) is 4.74 Å². The zero-order chi connectivity index (χ0) is 23.7. The van der Waals surface area contributed by atoms with Crippen molar-refractivity contribution in [3.05, 3.63) is 95.1 Å². The summed E-state index contributed by atoms with van der Waals surface area (Å²) >= 11 is 0. The van der Waals surface area contributed by atoms with E-state index in [1.807, 2.05) is 62.9 Å². The van der Waals surface area contributed by atoms with Crippen molar-refractivity contribution in [2.45, 2.75) is 27.7 Å². The fourth-order valence-corrected chi connectivity index (χ4v) is 3.92. The smallest absolute Gasteiger partial charge is 0.172 e. The van der Waals surface area contributed by atoms with Crippen LogP contribution in [0.25, 0.3) is 0 Å². The van der Waals surface area contributed by atoms with Crippen molar-refractivity contribution in [3.63, 3.8) is 0 Å². The van der Waals surface area contributed by atoms with Crippen molar-refractivity contribution in [1.82, 2.24) is 0 Å². The van der Waals surface area contributed by atoms with Gasteiger partial charge in [0.15, 0.2) is 11.5 Å². The minimum atomic E-state index is 0.0819. The molecule has 0 aliphatic carbocycles. The third-order valence-corrected chi connectivity index (χ3v) is 5.85. The molecule has 168 valence electrons. The Bertz CT molecular complexity index is 1220. The highest BCUT2D eigenvalue weighted by Gasteiger charge is 2.22. The van der Waals surface area contributed by atoms with Crippen molar-refractivity contribution in [3.8, 4) is 28.7 Å². The highest BCUT2D eigenvalue weighted by molar-refractivity contribution is 5.86. The molecule has 0 spiro atoms. The van der Waals surface area contributed by atoms with Crippen molar-refractivity contribution in [1.29, 1.82) is 0 Å². The molecule has 4 rings (SSSR count). The predicted octanol–water partition coefficient (Wildman–Crippen LogP) is 7.30. The summed E-state index contributed by atoms with van der Waals surface area (Å²) in [5.41, 5.74) is 5.52. The number of phenolic OH excluding ortho intramolecular Hbond substituents is 3. The Morgan fingerprint density at radius 2 is 1.12 bits per heavy atom. The summed E-state index contributed by atoms with van der Waals surface area (Å²) in [7, 11) is 0. The van der Waals surface area contributed by atoms with E-state index in [1.165, 1.54) is 0 Å². The minimum Gasteiger partial charge on any atom is -0.506 e. The molecule has 4 aromatic rings. The molecule has 0 amide bonds. The van der Waals surface area contributed by atoms with E-state index in [-0.39, 0.29) is 17.2 Å². The van der Waals surface area contributed by atoms with Crippen molar-refractivity contribution in [2.24, 2.45) is 0 Å². The number of aryl methyl sites for hydroxylation is 3. The van der Waals surface area contributed by atoms with Crippen LogP contribution in [-0.2, 0) is 0 Å². The molecule has 0 fully saturated rings. The largest absolute Gasteiger partial charge is 0.506 e. The average molecular weight is 442 g/mol. The number of nitrogens with zero attached hydrogens (tertiary/aromatic N) is 1. The van der Waals surface area contributed by atoms with Gasteiger partial charge in [-0.3, -0.25) is 0 Å². The van der Waals surface area contributed by atoms with Crippen molar-refractivity contribution < 1.29 is 20.1 Å². The first-order chi connectivity index (χ1) is 15.8. The summed E-state index contributed by atoms with van der Waals surface area (Å²) in [6.45, 7) is 7.70. The number of aromatic hydroxyl groups is 3. The van der Waals surface area contributed by atoms with E-state index < -0.39 is 0 Å². The lowest BCUT2D eigenvalue weighted by molar-refractivity contribution is 0.408. The Labute approximate surface area is 193 Å². The number of hydrogen-bond acceptors (Lipinski definition) is 5. The van der Waals surface area contributed by atoms with Gasteiger partial charge in [-0.2, -0.15) is 0 Å². The highest BCUT2D eigenvalue weighted by atomic mass is 16.5. The fraction of sp³-hybridized carbons (Fsp3) is 0.143. The second-order valence-corrected chi connectivity index (χ2v) is 8.17. The molecule has 33 heavy (non-hydrogen) atoms. The highest BCUT2D eigenvalue weighted by Crippen LogP contribution is 2.47. The number of ether oxygens (including phenoxy) is 1. The van der Waals surface area contributed by atoms with Gasteiger partial charge in [-0.05, 0) is 92.4 Å². The lowest BCUT2D eigenvalue weighted by Crippen LogP contribution is -2.13. The molecular weight excluding hydrogens is 414 g/mol. The van der Waals surface area contributed by atoms with Gasteiger partial charge in [0, 0.05) is 5.69 Å². The zero-order valence-corrected chi connectivity index (χ0v) is 19.1. The maximum atomic E-state index is 10.7. The number of rotatable bonds is 5. The molecule has 0 aromatic heterocycles. The Hall–Kier alpha value is -4.12. The first kappa shape index (κ1) is 22.1. The molecule has 4 aromatic carbocycles. The summed E-state index contributed by atoms with van der Waals surface area (Å²) in [6.07, 6.45) is 0. The summed E-state index contributed by atoms with van der Waals surface area (Å²) in [6, 6.07) is 21.5. The number of hydrogen-bond donors (Lipinski definition) is 3. The molecule has 0 atom stereocenters. The van der Waals surface area contributed by atoms with Gasteiger partial charge in [0.05, 0.1) is 11.4 Å². The van der Waals surface area contributed by atoms with Gasteiger partial charge in [0.1, 0.15) is 17.2 Å². The molecular formula is C28H27NO4. The minimum absolute atomic E-state index is 0.0819. The maximum Gasteiger partial charge on any atom is 0.172 e. The average Bonchev–Trinajstić information content (AvgIpc) is 2.78. The number of para-hydroxylation sites is 2. The van der Waals surface area contributed by atoms with E-state index >= 15 is 0 Å². The second-order valence-electron chi connectivity index (χ2n) is 8.17. The third kappa shape index (κ3) is 4.17. The first-order valence-corrected chi connectivity index (χ1v) is 10.7. The van der Waals surface area contributed by atoms with Gasteiger partial charge in [0.2, 0.25) is 0 Å². The molecule has 0 unspecified atom stereocenters. The van der Waals surface area contributed by atoms with Crippen LogP contribution in [0.15, 0.2) is 72.8 Å². The maximum absolute atomic E-state index is 10.7. The van der Waals surface area contributed by atoms with Crippen LogP contribution < -0.4 is 9.64 Å². The van der Waals surface area contributed by atoms with E-state index in [1.54, 1.807) is 42.5 Å². The number of anilines is 3. The Balaban J connectivity index is 1.81. The van der Waals surface area contributed by atoms with E-state index in [9.17, 15) is 15.3 Å². The lowest BCUT2D eigenvalue weighted by Gasteiger charge is -2.29. The van der Waals surface area contributed by atoms with Gasteiger partial charge in [-0.1, -0.05) is 30.3 Å². The molecule has 0 saturated heterocycles. The van der Waals surface area contributed by atoms with Crippen LogP contribution in [0.4, 0.5) is 17.1 Å². The first-order valence-electron chi connectivity index (χ1n) is 10.7. The summed E-state index contributed by atoms with van der Waals surface area (Å²) in [4.78, 5) is 1.84. The number of phenols is 3. The quantitative estimate of drug-likeness (QED) is 0.303. The van der Waals surface area contributed by atoms with Crippen molar-refractivity contribution >= 4 is 17.1 Å². The van der Waals surface area contributed by atoms with E-state index in [0.717, 1.165) is 27.9 Å². The molecule has 0 aliphatic heterocycles. The van der Waals surface area contributed by atoms with Crippen LogP contribution in [0.1, 0.15) is 22.3 Å². The van der Waals surface area contributed by atoms with Gasteiger partial charge < -0.3 is 25.0 Å². The third-order valence-electron chi connectivity index (χ3n) is 5.85. The second kappa shape index (κ2) is 8.79. The van der Waals surface area contributed by atoms with E-state index in [2.05, 4.69) is 0 Å². The monoisotopic (exact) mass is 441 g/mol. The van der Waals surface area contributed by atoms with Gasteiger partial charge in [-0.25, -0.2) is 0 Å². The molecule has 0 radical (unpaired) electrons. The summed E-state index contributed by atoms with van der Waals surface area (Å²) in [5, 5.41) is 31.7. The number of benzene rings is 4. The molecule has 0 saturated carbocycles. The molecule has 0 bridgehead atoms. The molecule has 3 N–H and O–H groups in total. The van der Waals surface area contributed by atoms with Gasteiger partial charge >= 0.3 is 0 Å².